The molecule has 2 atom stereocenters. The van der Waals surface area contributed by atoms with Gasteiger partial charge in [0.15, 0.2) is 0 Å². The van der Waals surface area contributed by atoms with Gasteiger partial charge in [0.1, 0.15) is 6.61 Å². The number of nitrogens with zero attached hydrogens (tertiary/aromatic N) is 3. The van der Waals surface area contributed by atoms with Gasteiger partial charge in [-0.3, -0.25) is 4.79 Å². The number of carbonyl (C=O) groups is 1. The van der Waals surface area contributed by atoms with Gasteiger partial charge in [-0.1, -0.05) is 45.0 Å². The van der Waals surface area contributed by atoms with Crippen LogP contribution in [-0.4, -0.2) is 61.0 Å². The number of sulfonamides is 1. The fourth-order valence-corrected chi connectivity index (χ4v) is 8.03. The molecule has 5 rings (SSSR count). The quantitative estimate of drug-likeness (QED) is 0.335. The van der Waals surface area contributed by atoms with E-state index in [2.05, 4.69) is 47.7 Å². The third-order valence-corrected chi connectivity index (χ3v) is 10.3. The minimum atomic E-state index is -4.11. The molecule has 0 radical (unpaired) electrons. The number of rotatable bonds is 7. The van der Waals surface area contributed by atoms with Crippen molar-refractivity contribution in [2.75, 3.05) is 18.4 Å². The van der Waals surface area contributed by atoms with E-state index in [0.717, 1.165) is 36.0 Å². The minimum absolute atomic E-state index is 0.0260. The molecule has 1 amide bonds. The highest BCUT2D eigenvalue weighted by molar-refractivity contribution is 7.92. The lowest BCUT2D eigenvalue weighted by molar-refractivity contribution is 0.0207. The fraction of sp³-hybridized carbons (Fsp3) is 0.500. The maximum absolute atomic E-state index is 14.4. The molecule has 1 saturated carbocycles. The van der Waals surface area contributed by atoms with Crippen LogP contribution in [0.2, 0.25) is 0 Å². The van der Waals surface area contributed by atoms with Gasteiger partial charge in [0.25, 0.3) is 15.9 Å². The molecule has 0 unspecified atom stereocenters. The highest BCUT2D eigenvalue weighted by Crippen LogP contribution is 2.45. The summed E-state index contributed by atoms with van der Waals surface area (Å²) in [7, 11) is -2.12. The van der Waals surface area contributed by atoms with Crippen LogP contribution < -0.4 is 14.8 Å². The second-order valence-corrected chi connectivity index (χ2v) is 15.1. The fourth-order valence-electron chi connectivity index (χ4n) is 7.04. The predicted octanol–water partition coefficient (Wildman–Crippen LogP) is 5.98. The Morgan fingerprint density at radius 1 is 1.07 bits per heavy atom. The van der Waals surface area contributed by atoms with Gasteiger partial charge in [-0.25, -0.2) is 18.1 Å². The van der Waals surface area contributed by atoms with Crippen molar-refractivity contribution < 1.29 is 17.9 Å². The van der Waals surface area contributed by atoms with Gasteiger partial charge in [-0.15, -0.1) is 0 Å². The van der Waals surface area contributed by atoms with Gasteiger partial charge in [0.2, 0.25) is 11.8 Å². The predicted molar refractivity (Wildman–Crippen MR) is 173 cm³/mol. The molecule has 1 aromatic heterocycles. The van der Waals surface area contributed by atoms with Crippen LogP contribution in [0.5, 0.6) is 5.88 Å². The zero-order chi connectivity index (χ0) is 31.8. The zero-order valence-corrected chi connectivity index (χ0v) is 27.7. The third kappa shape index (κ3) is 6.76. The van der Waals surface area contributed by atoms with Crippen LogP contribution in [0, 0.1) is 25.2 Å². The minimum Gasteiger partial charge on any atom is -0.475 e. The summed E-state index contributed by atoms with van der Waals surface area (Å²) in [5, 5.41) is 3.37. The number of anilines is 1. The lowest BCUT2D eigenvalue weighted by Gasteiger charge is -2.49. The number of aryl methyl sites for hydroxylation is 2. The Morgan fingerprint density at radius 2 is 1.75 bits per heavy atom. The summed E-state index contributed by atoms with van der Waals surface area (Å²) < 4.78 is 36.2. The first-order valence-electron chi connectivity index (χ1n) is 15.5. The maximum atomic E-state index is 14.4. The van der Waals surface area contributed by atoms with Crippen molar-refractivity contribution in [2.45, 2.75) is 90.2 Å². The summed E-state index contributed by atoms with van der Waals surface area (Å²) in [6, 6.07) is 14.1. The number of nitrogens with one attached hydrogen (secondary N) is 2. The van der Waals surface area contributed by atoms with Crippen LogP contribution in [-0.2, 0) is 10.0 Å². The van der Waals surface area contributed by atoms with E-state index in [-0.39, 0.29) is 52.7 Å². The molecule has 10 heteroatoms. The molecule has 1 fully saturated rings. The maximum Gasteiger partial charge on any atom is 0.264 e. The average Bonchev–Trinajstić information content (AvgIpc) is 2.93. The Kier molecular flexibility index (Phi) is 9.05. The lowest BCUT2D eigenvalue weighted by atomic mass is 9.63. The van der Waals surface area contributed by atoms with Gasteiger partial charge < -0.3 is 15.0 Å². The molecule has 2 heterocycles. The van der Waals surface area contributed by atoms with Gasteiger partial charge >= 0.3 is 0 Å². The van der Waals surface area contributed by atoms with Gasteiger partial charge in [0.05, 0.1) is 16.6 Å². The second-order valence-electron chi connectivity index (χ2n) is 13.4. The molecule has 1 aliphatic heterocycles. The molecule has 4 bridgehead atoms. The molecule has 9 nitrogen and oxygen atoms in total. The van der Waals surface area contributed by atoms with Crippen LogP contribution in [0.25, 0.3) is 11.3 Å². The van der Waals surface area contributed by atoms with Crippen molar-refractivity contribution in [3.63, 3.8) is 0 Å². The standard InChI is InChI=1S/C34H45N5O4S/c1-21(2)14-27-20-43-30-16-29(31-22(3)10-8-11-23(31)4)36-33(37-30)38-44(41,42)28-13-9-12-25(15-28)32(40)39(27)24(5)17-34(6)18-26(19-34)35-7/h8-13,15-16,21,24,26-27,35H,14,17-20H2,1-7H3,(H,36,37,38)/t24-,26-,27+,34-/m0/s1. The average molecular weight is 620 g/mol. The monoisotopic (exact) mass is 619 g/mol. The number of aromatic nitrogens is 2. The molecule has 1 aliphatic carbocycles. The Bertz CT molecular complexity index is 1610. The first kappa shape index (κ1) is 31.9. The van der Waals surface area contributed by atoms with Crippen molar-refractivity contribution in [2.24, 2.45) is 11.3 Å². The molecule has 236 valence electrons. The summed E-state index contributed by atoms with van der Waals surface area (Å²) in [6.07, 6.45) is 3.64. The first-order chi connectivity index (χ1) is 20.8. The summed E-state index contributed by atoms with van der Waals surface area (Å²) in [4.78, 5) is 25.4. The van der Waals surface area contributed by atoms with Crippen LogP contribution in [0.4, 0.5) is 5.95 Å². The second kappa shape index (κ2) is 12.5. The van der Waals surface area contributed by atoms with E-state index in [1.54, 1.807) is 18.2 Å². The number of benzene rings is 2. The van der Waals surface area contributed by atoms with E-state index in [4.69, 9.17) is 4.74 Å². The van der Waals surface area contributed by atoms with E-state index in [9.17, 15) is 13.2 Å². The first-order valence-corrected chi connectivity index (χ1v) is 17.0. The zero-order valence-electron chi connectivity index (χ0n) is 26.8. The number of hydrogen-bond donors (Lipinski definition) is 2. The Balaban J connectivity index is 1.62. The Hall–Kier alpha value is -3.50. The van der Waals surface area contributed by atoms with Crippen molar-refractivity contribution in [1.29, 1.82) is 0 Å². The molecule has 3 aromatic rings. The van der Waals surface area contributed by atoms with E-state index in [0.29, 0.717) is 23.7 Å². The van der Waals surface area contributed by atoms with E-state index < -0.39 is 10.0 Å². The molecular formula is C34H45N5O4S. The number of hydrogen-bond acceptors (Lipinski definition) is 7. The molecule has 0 spiro atoms. The van der Waals surface area contributed by atoms with Crippen LogP contribution in [0.3, 0.4) is 0 Å². The Labute approximate surface area is 261 Å². The summed E-state index contributed by atoms with van der Waals surface area (Å²) >= 11 is 0. The molecule has 44 heavy (non-hydrogen) atoms. The van der Waals surface area contributed by atoms with E-state index >= 15 is 0 Å². The van der Waals surface area contributed by atoms with Gasteiger partial charge in [0, 0.05) is 29.3 Å². The lowest BCUT2D eigenvalue weighted by Crippen LogP contribution is -2.53. The molecule has 0 saturated heterocycles. The molecular weight excluding hydrogens is 574 g/mol. The normalized spacial score (nSPS) is 23.8. The number of fused-ring (bicyclic) bond motifs is 4. The largest absolute Gasteiger partial charge is 0.475 e. The highest BCUT2D eigenvalue weighted by atomic mass is 32.2. The van der Waals surface area contributed by atoms with Crippen LogP contribution in [0.1, 0.15) is 74.9 Å². The van der Waals surface area contributed by atoms with E-state index in [1.165, 1.54) is 12.1 Å². The van der Waals surface area contributed by atoms with E-state index in [1.807, 2.05) is 44.0 Å². The third-order valence-electron chi connectivity index (χ3n) is 9.00. The van der Waals surface area contributed by atoms with Crippen molar-refractivity contribution >= 4 is 21.9 Å². The molecule has 2 aliphatic rings. The highest BCUT2D eigenvalue weighted by Gasteiger charge is 2.43. The van der Waals surface area contributed by atoms with Crippen molar-refractivity contribution in [3.8, 4) is 17.1 Å². The number of ether oxygens (including phenoxy) is 1. The topological polar surface area (TPSA) is 114 Å². The Morgan fingerprint density at radius 3 is 2.41 bits per heavy atom. The summed E-state index contributed by atoms with van der Waals surface area (Å²) in [5.74, 6) is 0.246. The summed E-state index contributed by atoms with van der Waals surface area (Å²) in [6.45, 7) is 12.9. The van der Waals surface area contributed by atoms with Gasteiger partial charge in [-0.05, 0) is 94.2 Å². The summed E-state index contributed by atoms with van der Waals surface area (Å²) in [5.41, 5.74) is 3.89. The van der Waals surface area contributed by atoms with Crippen LogP contribution >= 0.6 is 0 Å². The number of amides is 1. The number of carbonyl (C=O) groups excluding carboxylic acids is 1. The smallest absolute Gasteiger partial charge is 0.264 e. The van der Waals surface area contributed by atoms with Crippen molar-refractivity contribution in [1.82, 2.24) is 20.2 Å². The van der Waals surface area contributed by atoms with Crippen molar-refractivity contribution in [3.05, 3.63) is 65.2 Å². The molecule has 2 aromatic carbocycles. The molecule has 2 N–H and O–H groups in total. The van der Waals surface area contributed by atoms with Crippen LogP contribution in [0.15, 0.2) is 53.4 Å². The van der Waals surface area contributed by atoms with Gasteiger partial charge in [-0.2, -0.15) is 4.98 Å². The SMILES string of the molecule is CN[C@H]1C[C@](C)(C[C@H](C)N2C(=O)c3cccc(c3)S(=O)(=O)Nc3nc(cc(-c4c(C)cccc4C)n3)OC[C@H]2CC(C)C)C1.